The van der Waals surface area contributed by atoms with Gasteiger partial charge in [-0.1, -0.05) is 41.2 Å². The first-order valence-corrected chi connectivity index (χ1v) is 14.7. The molecule has 0 saturated heterocycles. The van der Waals surface area contributed by atoms with Gasteiger partial charge in [0.2, 0.25) is 5.17 Å². The minimum Gasteiger partial charge on any atom is -0.461 e. The lowest BCUT2D eigenvalue weighted by molar-refractivity contribution is -0.139. The zero-order valence-corrected chi connectivity index (χ0v) is 24.2. The number of nitrogens with two attached hydrogens (primary N) is 1. The summed E-state index contributed by atoms with van der Waals surface area (Å²) in [6, 6.07) is 3.00. The van der Waals surface area contributed by atoms with E-state index in [0.717, 1.165) is 18.4 Å². The van der Waals surface area contributed by atoms with Crippen LogP contribution in [0.5, 0.6) is 0 Å². The molecule has 0 saturated carbocycles. The van der Waals surface area contributed by atoms with Crippen molar-refractivity contribution in [3.8, 4) is 0 Å². The fourth-order valence-corrected chi connectivity index (χ4v) is 4.90. The SMILES string of the molecule is C=C(S/C(N=Nc1cc2c(cc1NS(=O)(=O)C(F)(F)F)N(CC(C)C)C(CC)CC2)=N\N)C(=O)OCC(C)C. The number of nitrogens with one attached hydrogen (secondary N) is 1. The van der Waals surface area contributed by atoms with E-state index in [1.54, 1.807) is 4.72 Å². The third kappa shape index (κ3) is 8.85. The average Bonchev–Trinajstić information content (AvgIpc) is 2.84. The number of anilines is 2. The number of esters is 1. The molecule has 0 fully saturated rings. The van der Waals surface area contributed by atoms with E-state index < -0.39 is 27.2 Å². The number of nitrogens with zero attached hydrogens (tertiary/aromatic N) is 4. The first-order valence-electron chi connectivity index (χ1n) is 12.4. The Labute approximate surface area is 231 Å². The first kappa shape index (κ1) is 32.4. The maximum Gasteiger partial charge on any atom is 0.516 e. The van der Waals surface area contributed by atoms with E-state index in [9.17, 15) is 26.4 Å². The molecule has 218 valence electrons. The summed E-state index contributed by atoms with van der Waals surface area (Å²) in [6.45, 7) is 14.2. The number of alkyl halides is 3. The van der Waals surface area contributed by atoms with E-state index >= 15 is 0 Å². The van der Waals surface area contributed by atoms with Crippen LogP contribution in [0.15, 0.2) is 38.9 Å². The smallest absolute Gasteiger partial charge is 0.461 e. The van der Waals surface area contributed by atoms with Gasteiger partial charge in [0, 0.05) is 18.3 Å². The fourth-order valence-electron chi connectivity index (χ4n) is 3.84. The molecular formula is C24H35F3N6O4S2. The molecule has 0 aliphatic carbocycles. The van der Waals surface area contributed by atoms with Crippen molar-refractivity contribution in [2.24, 2.45) is 33.0 Å². The van der Waals surface area contributed by atoms with Crippen LogP contribution in [0.1, 0.15) is 53.0 Å². The molecule has 0 bridgehead atoms. The number of hydrazone groups is 1. The molecule has 1 aromatic carbocycles. The second-order valence-electron chi connectivity index (χ2n) is 9.83. The first-order chi connectivity index (χ1) is 18.1. The second-order valence-corrected chi connectivity index (χ2v) is 12.6. The lowest BCUT2D eigenvalue weighted by Gasteiger charge is -2.40. The van der Waals surface area contributed by atoms with Crippen LogP contribution in [0.4, 0.5) is 30.2 Å². The van der Waals surface area contributed by atoms with Crippen LogP contribution in [0.3, 0.4) is 0 Å². The lowest BCUT2D eigenvalue weighted by atomic mass is 9.92. The van der Waals surface area contributed by atoms with Crippen LogP contribution in [0.2, 0.25) is 0 Å². The third-order valence-corrected chi connectivity index (χ3v) is 7.50. The van der Waals surface area contributed by atoms with E-state index in [4.69, 9.17) is 10.6 Å². The number of azo groups is 1. The number of hydrogen-bond donors (Lipinski definition) is 2. The number of amidine groups is 1. The summed E-state index contributed by atoms with van der Waals surface area (Å²) < 4.78 is 70.5. The largest absolute Gasteiger partial charge is 0.516 e. The number of benzene rings is 1. The van der Waals surface area contributed by atoms with E-state index in [1.807, 2.05) is 34.6 Å². The molecule has 10 nitrogen and oxygen atoms in total. The Balaban J connectivity index is 2.49. The molecule has 1 heterocycles. The fraction of sp³-hybridized carbons (Fsp3) is 0.583. The number of sulfonamides is 1. The van der Waals surface area contributed by atoms with Gasteiger partial charge in [-0.15, -0.1) is 10.2 Å². The highest BCUT2D eigenvalue weighted by Crippen LogP contribution is 2.41. The number of ether oxygens (including phenoxy) is 1. The van der Waals surface area contributed by atoms with Gasteiger partial charge in [0.1, 0.15) is 5.69 Å². The van der Waals surface area contributed by atoms with Crippen LogP contribution in [0, 0.1) is 11.8 Å². The van der Waals surface area contributed by atoms with Crippen molar-refractivity contribution in [3.05, 3.63) is 29.2 Å². The predicted octanol–water partition coefficient (Wildman–Crippen LogP) is 5.89. The number of aryl methyl sites for hydroxylation is 1. The normalized spacial score (nSPS) is 16.6. The summed E-state index contributed by atoms with van der Waals surface area (Å²) in [5, 5.41) is 11.0. The average molecular weight is 593 g/mol. The van der Waals surface area contributed by atoms with Gasteiger partial charge in [0.25, 0.3) is 0 Å². The minimum atomic E-state index is -5.75. The standard InChI is InChI=1S/C24H35F3N6O4S2/c1-7-18-9-8-17-10-19(30-31-23(29-28)38-16(6)22(34)37-13-15(4)5)20(32-39(35,36)24(25,26)27)11-21(17)33(18)12-14(2)3/h10-11,14-15,18,32H,6-9,12-13,28H2,1-5H3/b29-23-,31-30?. The molecule has 0 radical (unpaired) electrons. The highest BCUT2D eigenvalue weighted by molar-refractivity contribution is 8.17. The van der Waals surface area contributed by atoms with Crippen LogP contribution < -0.4 is 15.5 Å². The monoisotopic (exact) mass is 592 g/mol. The topological polar surface area (TPSA) is 139 Å². The molecular weight excluding hydrogens is 557 g/mol. The van der Waals surface area contributed by atoms with Crippen LogP contribution in [0.25, 0.3) is 0 Å². The molecule has 1 aliphatic rings. The summed E-state index contributed by atoms with van der Waals surface area (Å²) in [6.07, 6.45) is 2.24. The molecule has 1 atom stereocenters. The quantitative estimate of drug-likeness (QED) is 0.0656. The highest BCUT2D eigenvalue weighted by Gasteiger charge is 2.46. The van der Waals surface area contributed by atoms with Gasteiger partial charge in [-0.3, -0.25) is 4.72 Å². The molecule has 0 amide bonds. The van der Waals surface area contributed by atoms with Crippen LogP contribution in [-0.4, -0.2) is 44.3 Å². The zero-order chi connectivity index (χ0) is 29.5. The van der Waals surface area contributed by atoms with Crippen molar-refractivity contribution in [1.29, 1.82) is 0 Å². The third-order valence-electron chi connectivity index (χ3n) is 5.62. The number of thioether (sulfide) groups is 1. The number of fused-ring (bicyclic) bond motifs is 1. The summed E-state index contributed by atoms with van der Waals surface area (Å²) in [5.41, 5.74) is -4.71. The Bertz CT molecular complexity index is 1220. The van der Waals surface area contributed by atoms with Gasteiger partial charge in [-0.25, -0.2) is 4.79 Å². The Hall–Kier alpha value is -2.81. The number of rotatable bonds is 10. The maximum atomic E-state index is 13.2. The van der Waals surface area contributed by atoms with Crippen molar-refractivity contribution in [3.63, 3.8) is 0 Å². The molecule has 2 rings (SSSR count). The predicted molar refractivity (Wildman–Crippen MR) is 148 cm³/mol. The molecule has 1 aromatic rings. The van der Waals surface area contributed by atoms with Gasteiger partial charge in [0.05, 0.1) is 17.2 Å². The molecule has 1 aliphatic heterocycles. The van der Waals surface area contributed by atoms with E-state index in [1.165, 1.54) is 12.1 Å². The Kier molecular flexibility index (Phi) is 11.2. The van der Waals surface area contributed by atoms with Crippen molar-refractivity contribution >= 4 is 50.0 Å². The van der Waals surface area contributed by atoms with Gasteiger partial charge in [0.15, 0.2) is 0 Å². The Morgan fingerprint density at radius 2 is 1.95 bits per heavy atom. The zero-order valence-electron chi connectivity index (χ0n) is 22.6. The summed E-state index contributed by atoms with van der Waals surface area (Å²) in [7, 11) is -5.75. The molecule has 15 heteroatoms. The van der Waals surface area contributed by atoms with Gasteiger partial charge in [-0.05, 0) is 60.6 Å². The summed E-state index contributed by atoms with van der Waals surface area (Å²) in [4.78, 5) is 14.1. The second kappa shape index (κ2) is 13.5. The number of halogens is 3. The van der Waals surface area contributed by atoms with Crippen LogP contribution >= 0.6 is 11.8 Å². The maximum absolute atomic E-state index is 13.2. The molecule has 39 heavy (non-hydrogen) atoms. The molecule has 0 aromatic heterocycles. The lowest BCUT2D eigenvalue weighted by Crippen LogP contribution is -2.41. The number of carbonyl (C=O) groups is 1. The van der Waals surface area contributed by atoms with Crippen LogP contribution in [-0.2, 0) is 26.0 Å². The molecule has 3 N–H and O–H groups in total. The molecule has 0 spiro atoms. The van der Waals surface area contributed by atoms with Crippen molar-refractivity contribution in [2.45, 2.75) is 65.4 Å². The number of hydrogen-bond acceptors (Lipinski definition) is 9. The van der Waals surface area contributed by atoms with Crippen molar-refractivity contribution < 1.29 is 31.1 Å². The van der Waals surface area contributed by atoms with Crippen molar-refractivity contribution in [2.75, 3.05) is 22.8 Å². The van der Waals surface area contributed by atoms with E-state index in [-0.39, 0.29) is 40.2 Å². The highest BCUT2D eigenvalue weighted by atomic mass is 32.2. The Morgan fingerprint density at radius 1 is 1.28 bits per heavy atom. The number of carbonyl (C=O) groups excluding carboxylic acids is 1. The van der Waals surface area contributed by atoms with Crippen molar-refractivity contribution in [1.82, 2.24) is 0 Å². The van der Waals surface area contributed by atoms with Gasteiger partial charge < -0.3 is 15.5 Å². The Morgan fingerprint density at radius 3 is 2.49 bits per heavy atom. The summed E-state index contributed by atoms with van der Waals surface area (Å²) in [5.74, 6) is 5.00. The molecule has 1 unspecified atom stereocenters. The van der Waals surface area contributed by atoms with E-state index in [2.05, 4.69) is 26.8 Å². The minimum absolute atomic E-state index is 0.0860. The summed E-state index contributed by atoms with van der Waals surface area (Å²) >= 11 is 0.655. The van der Waals surface area contributed by atoms with Gasteiger partial charge >= 0.3 is 21.5 Å². The van der Waals surface area contributed by atoms with Gasteiger partial charge in [-0.2, -0.15) is 26.7 Å². The van der Waals surface area contributed by atoms with E-state index in [0.29, 0.717) is 30.4 Å².